The Hall–Kier alpha value is -3.08. The third-order valence-electron chi connectivity index (χ3n) is 4.25. The Morgan fingerprint density at radius 3 is 2.24 bits per heavy atom. The predicted octanol–water partition coefficient (Wildman–Crippen LogP) is 3.41. The number of imide groups is 1. The van der Waals surface area contributed by atoms with Crippen molar-refractivity contribution in [2.24, 2.45) is 0 Å². The molecule has 2 aromatic rings. The Labute approximate surface area is 146 Å². The molecule has 5 heteroatoms. The molecule has 1 aliphatic heterocycles. The normalized spacial score (nSPS) is 15.8. The maximum atomic E-state index is 12.6. The van der Waals surface area contributed by atoms with Gasteiger partial charge in [-0.25, -0.2) is 4.79 Å². The summed E-state index contributed by atoms with van der Waals surface area (Å²) >= 11 is 0. The van der Waals surface area contributed by atoms with Crippen molar-refractivity contribution in [1.82, 2.24) is 10.2 Å². The zero-order valence-electron chi connectivity index (χ0n) is 14.5. The SMILES string of the molecule is Cc1ccc(CN2C(=O)N/C(=C\c3cc(C)c(O)c(C)c3)C2=O)cc1. The van der Waals surface area contributed by atoms with Gasteiger partial charge in [-0.1, -0.05) is 29.8 Å². The lowest BCUT2D eigenvalue weighted by Gasteiger charge is -2.11. The maximum absolute atomic E-state index is 12.6. The highest BCUT2D eigenvalue weighted by Crippen LogP contribution is 2.25. The highest BCUT2D eigenvalue weighted by molar-refractivity contribution is 6.13. The van der Waals surface area contributed by atoms with E-state index in [2.05, 4.69) is 5.32 Å². The Balaban J connectivity index is 1.84. The van der Waals surface area contributed by atoms with E-state index in [1.54, 1.807) is 32.1 Å². The van der Waals surface area contributed by atoms with Crippen LogP contribution in [-0.2, 0) is 11.3 Å². The Morgan fingerprint density at radius 2 is 1.64 bits per heavy atom. The minimum atomic E-state index is -0.427. The van der Waals surface area contributed by atoms with Crippen molar-refractivity contribution in [2.75, 3.05) is 0 Å². The summed E-state index contributed by atoms with van der Waals surface area (Å²) in [5.41, 5.74) is 4.46. The molecule has 0 aliphatic carbocycles. The fourth-order valence-electron chi connectivity index (χ4n) is 2.83. The summed E-state index contributed by atoms with van der Waals surface area (Å²) < 4.78 is 0. The minimum Gasteiger partial charge on any atom is -0.507 e. The van der Waals surface area contributed by atoms with Gasteiger partial charge in [-0.3, -0.25) is 9.69 Å². The smallest absolute Gasteiger partial charge is 0.329 e. The van der Waals surface area contributed by atoms with Crippen molar-refractivity contribution in [2.45, 2.75) is 27.3 Å². The van der Waals surface area contributed by atoms with Crippen molar-refractivity contribution in [3.05, 3.63) is 69.9 Å². The maximum Gasteiger partial charge on any atom is 0.329 e. The summed E-state index contributed by atoms with van der Waals surface area (Å²) in [7, 11) is 0. The van der Waals surface area contributed by atoms with Gasteiger partial charge in [-0.2, -0.15) is 0 Å². The lowest BCUT2D eigenvalue weighted by atomic mass is 10.0. The van der Waals surface area contributed by atoms with Crippen molar-refractivity contribution in [3.63, 3.8) is 0 Å². The minimum absolute atomic E-state index is 0.232. The molecule has 2 N–H and O–H groups in total. The number of hydrogen-bond donors (Lipinski definition) is 2. The number of rotatable bonds is 3. The van der Waals surface area contributed by atoms with Gasteiger partial charge in [0.25, 0.3) is 5.91 Å². The molecule has 3 amide bonds. The molecule has 0 saturated carbocycles. The number of hydrogen-bond acceptors (Lipinski definition) is 3. The summed E-state index contributed by atoms with van der Waals surface area (Å²) in [4.78, 5) is 25.9. The molecule has 3 rings (SSSR count). The van der Waals surface area contributed by atoms with Crippen LogP contribution in [0, 0.1) is 20.8 Å². The van der Waals surface area contributed by atoms with Gasteiger partial charge in [0.15, 0.2) is 0 Å². The number of carbonyl (C=O) groups excluding carboxylic acids is 2. The van der Waals surface area contributed by atoms with E-state index in [0.29, 0.717) is 0 Å². The molecule has 0 spiro atoms. The number of aromatic hydroxyl groups is 1. The van der Waals surface area contributed by atoms with E-state index in [9.17, 15) is 14.7 Å². The number of carbonyl (C=O) groups is 2. The first-order valence-electron chi connectivity index (χ1n) is 8.05. The average Bonchev–Trinajstić information content (AvgIpc) is 2.82. The van der Waals surface area contributed by atoms with Crippen LogP contribution >= 0.6 is 0 Å². The first-order chi connectivity index (χ1) is 11.8. The van der Waals surface area contributed by atoms with Gasteiger partial charge in [0.1, 0.15) is 11.4 Å². The van der Waals surface area contributed by atoms with Gasteiger partial charge in [0.2, 0.25) is 0 Å². The van der Waals surface area contributed by atoms with Gasteiger partial charge < -0.3 is 10.4 Å². The average molecular weight is 336 g/mol. The first-order valence-corrected chi connectivity index (χ1v) is 8.05. The summed E-state index contributed by atoms with van der Waals surface area (Å²) in [6.45, 7) is 5.81. The third kappa shape index (κ3) is 3.40. The molecule has 2 aromatic carbocycles. The standard InChI is InChI=1S/C20H20N2O3/c1-12-4-6-15(7-5-12)11-22-19(24)17(21-20(22)25)10-16-8-13(2)18(23)14(3)9-16/h4-10,23H,11H2,1-3H3,(H,21,25)/b17-10-. The highest BCUT2D eigenvalue weighted by Gasteiger charge is 2.33. The summed E-state index contributed by atoms with van der Waals surface area (Å²) in [6, 6.07) is 10.8. The largest absolute Gasteiger partial charge is 0.507 e. The number of phenols is 1. The van der Waals surface area contributed by atoms with Crippen LogP contribution in [0.15, 0.2) is 42.1 Å². The second-order valence-corrected chi connectivity index (χ2v) is 6.37. The number of amides is 3. The quantitative estimate of drug-likeness (QED) is 0.666. The van der Waals surface area contributed by atoms with Crippen LogP contribution in [0.1, 0.15) is 27.8 Å². The van der Waals surface area contributed by atoms with Crippen LogP contribution < -0.4 is 5.32 Å². The molecule has 128 valence electrons. The van der Waals surface area contributed by atoms with E-state index in [4.69, 9.17) is 0 Å². The molecule has 5 nitrogen and oxygen atoms in total. The van der Waals surface area contributed by atoms with Crippen LogP contribution in [0.25, 0.3) is 6.08 Å². The zero-order chi connectivity index (χ0) is 18.1. The van der Waals surface area contributed by atoms with E-state index < -0.39 is 6.03 Å². The molecular formula is C20H20N2O3. The van der Waals surface area contributed by atoms with Gasteiger partial charge in [-0.05, 0) is 61.2 Å². The second-order valence-electron chi connectivity index (χ2n) is 6.37. The topological polar surface area (TPSA) is 69.6 Å². The fourth-order valence-corrected chi connectivity index (χ4v) is 2.83. The fraction of sp³-hybridized carbons (Fsp3) is 0.200. The highest BCUT2D eigenvalue weighted by atomic mass is 16.3. The molecule has 0 unspecified atom stereocenters. The zero-order valence-corrected chi connectivity index (χ0v) is 14.5. The molecular weight excluding hydrogens is 316 g/mol. The van der Waals surface area contributed by atoms with Crippen LogP contribution in [0.2, 0.25) is 0 Å². The van der Waals surface area contributed by atoms with E-state index in [1.165, 1.54) is 4.90 Å². The molecule has 1 aliphatic rings. The molecule has 1 heterocycles. The summed E-state index contributed by atoms with van der Waals surface area (Å²) in [5.74, 6) is -0.112. The van der Waals surface area contributed by atoms with Gasteiger partial charge in [-0.15, -0.1) is 0 Å². The van der Waals surface area contributed by atoms with Gasteiger partial charge in [0.05, 0.1) is 6.54 Å². The van der Waals surface area contributed by atoms with Crippen LogP contribution in [0.5, 0.6) is 5.75 Å². The lowest BCUT2D eigenvalue weighted by Crippen LogP contribution is -2.30. The molecule has 1 saturated heterocycles. The molecule has 1 fully saturated rings. The number of benzene rings is 2. The third-order valence-corrected chi connectivity index (χ3v) is 4.25. The van der Waals surface area contributed by atoms with Crippen molar-refractivity contribution >= 4 is 18.0 Å². The van der Waals surface area contributed by atoms with Gasteiger partial charge in [0, 0.05) is 0 Å². The van der Waals surface area contributed by atoms with E-state index >= 15 is 0 Å². The number of phenolic OH excluding ortho intramolecular Hbond substituents is 1. The Bertz CT molecular complexity index is 859. The second kappa shape index (κ2) is 6.43. The van der Waals surface area contributed by atoms with Crippen LogP contribution in [0.3, 0.4) is 0 Å². The number of nitrogens with one attached hydrogen (secondary N) is 1. The molecule has 0 aromatic heterocycles. The van der Waals surface area contributed by atoms with Gasteiger partial charge >= 0.3 is 6.03 Å². The Morgan fingerprint density at radius 1 is 1.04 bits per heavy atom. The Kier molecular flexibility index (Phi) is 4.31. The van der Waals surface area contributed by atoms with E-state index in [0.717, 1.165) is 27.8 Å². The summed E-state index contributed by atoms with van der Waals surface area (Å²) in [5, 5.41) is 12.5. The van der Waals surface area contributed by atoms with Crippen molar-refractivity contribution in [1.29, 1.82) is 0 Å². The van der Waals surface area contributed by atoms with Crippen LogP contribution in [0.4, 0.5) is 4.79 Å². The number of urea groups is 1. The predicted molar refractivity (Wildman–Crippen MR) is 95.8 cm³/mol. The lowest BCUT2D eigenvalue weighted by molar-refractivity contribution is -0.123. The number of aryl methyl sites for hydroxylation is 3. The number of nitrogens with zero attached hydrogens (tertiary/aromatic N) is 1. The molecule has 25 heavy (non-hydrogen) atoms. The monoisotopic (exact) mass is 336 g/mol. The van der Waals surface area contributed by atoms with Crippen molar-refractivity contribution in [3.8, 4) is 5.75 Å². The molecule has 0 atom stereocenters. The van der Waals surface area contributed by atoms with Crippen LogP contribution in [-0.4, -0.2) is 21.9 Å². The van der Waals surface area contributed by atoms with E-state index in [1.807, 2.05) is 31.2 Å². The summed E-state index contributed by atoms with van der Waals surface area (Å²) in [6.07, 6.45) is 1.63. The van der Waals surface area contributed by atoms with Crippen molar-refractivity contribution < 1.29 is 14.7 Å². The van der Waals surface area contributed by atoms with E-state index in [-0.39, 0.29) is 23.9 Å². The first kappa shape index (κ1) is 16.8. The molecule has 0 radical (unpaired) electrons. The molecule has 0 bridgehead atoms.